The zero-order valence-electron chi connectivity index (χ0n) is 4.67. The molecule has 1 aliphatic rings. The predicted molar refractivity (Wildman–Crippen MR) is 29.5 cm³/mol. The van der Waals surface area contributed by atoms with E-state index in [1.54, 1.807) is 0 Å². The number of aliphatic hydroxyl groups excluding tert-OH is 2. The maximum absolute atomic E-state index is 8.97. The van der Waals surface area contributed by atoms with Gasteiger partial charge in [-0.25, -0.2) is 0 Å². The van der Waals surface area contributed by atoms with Gasteiger partial charge in [-0.1, -0.05) is 0 Å². The second-order valence-corrected chi connectivity index (χ2v) is 2.17. The zero-order valence-corrected chi connectivity index (χ0v) is 4.67. The zero-order chi connectivity index (χ0) is 5.98. The van der Waals surface area contributed by atoms with E-state index in [-0.39, 0.29) is 18.6 Å². The summed E-state index contributed by atoms with van der Waals surface area (Å²) in [5, 5.41) is 20.5. The summed E-state index contributed by atoms with van der Waals surface area (Å²) in [6.07, 6.45) is -0.333. The molecular weight excluding hydrogens is 106 g/mol. The molecule has 1 heterocycles. The monoisotopic (exact) mass is 117 g/mol. The van der Waals surface area contributed by atoms with E-state index in [0.29, 0.717) is 6.54 Å². The average molecular weight is 117 g/mol. The van der Waals surface area contributed by atoms with E-state index in [1.165, 1.54) is 0 Å². The quantitative estimate of drug-likeness (QED) is 0.394. The third kappa shape index (κ3) is 0.992. The van der Waals surface area contributed by atoms with Crippen LogP contribution in [-0.2, 0) is 0 Å². The lowest BCUT2D eigenvalue weighted by Crippen LogP contribution is -2.20. The van der Waals surface area contributed by atoms with Crippen molar-refractivity contribution in [3.05, 3.63) is 0 Å². The van der Waals surface area contributed by atoms with Gasteiger partial charge in [0.2, 0.25) is 0 Å². The van der Waals surface area contributed by atoms with Crippen LogP contribution >= 0.6 is 0 Å². The summed E-state index contributed by atoms with van der Waals surface area (Å²) < 4.78 is 0. The molecule has 1 fully saturated rings. The Labute approximate surface area is 48.3 Å². The largest absolute Gasteiger partial charge is 0.396 e. The van der Waals surface area contributed by atoms with E-state index in [9.17, 15) is 0 Å². The molecule has 0 amide bonds. The number of β-amino-alcohol motifs (C(OH)–C–C–N with tert-alkyl or cyclic N) is 1. The van der Waals surface area contributed by atoms with Crippen molar-refractivity contribution in [1.29, 1.82) is 0 Å². The van der Waals surface area contributed by atoms with Crippen molar-refractivity contribution in [2.24, 2.45) is 5.92 Å². The minimum Gasteiger partial charge on any atom is -0.396 e. The maximum atomic E-state index is 8.97. The van der Waals surface area contributed by atoms with Gasteiger partial charge in [-0.3, -0.25) is 0 Å². The molecular formula is C5H11NO2. The van der Waals surface area contributed by atoms with E-state index in [0.717, 1.165) is 6.54 Å². The third-order valence-corrected chi connectivity index (χ3v) is 1.54. The molecule has 0 aliphatic carbocycles. The number of hydrogen-bond acceptors (Lipinski definition) is 3. The highest BCUT2D eigenvalue weighted by Gasteiger charge is 2.23. The summed E-state index contributed by atoms with van der Waals surface area (Å²) in [5.41, 5.74) is 0. The normalized spacial score (nSPS) is 38.2. The highest BCUT2D eigenvalue weighted by molar-refractivity contribution is 4.79. The van der Waals surface area contributed by atoms with Crippen molar-refractivity contribution < 1.29 is 10.2 Å². The summed E-state index contributed by atoms with van der Waals surface area (Å²) >= 11 is 0. The molecule has 3 heteroatoms. The summed E-state index contributed by atoms with van der Waals surface area (Å²) in [6, 6.07) is 0. The molecule has 0 spiro atoms. The second kappa shape index (κ2) is 2.44. The van der Waals surface area contributed by atoms with Crippen LogP contribution in [0, 0.1) is 5.92 Å². The molecule has 2 atom stereocenters. The first kappa shape index (κ1) is 6.01. The van der Waals surface area contributed by atoms with Crippen molar-refractivity contribution >= 4 is 0 Å². The fourth-order valence-corrected chi connectivity index (χ4v) is 0.906. The Morgan fingerprint density at radius 2 is 2.25 bits per heavy atom. The lowest BCUT2D eigenvalue weighted by Gasteiger charge is -2.06. The van der Waals surface area contributed by atoms with E-state index in [1.807, 2.05) is 0 Å². The highest BCUT2D eigenvalue weighted by Crippen LogP contribution is 2.05. The van der Waals surface area contributed by atoms with Crippen molar-refractivity contribution in [3.8, 4) is 0 Å². The van der Waals surface area contributed by atoms with Gasteiger partial charge < -0.3 is 15.5 Å². The van der Waals surface area contributed by atoms with E-state index >= 15 is 0 Å². The SMILES string of the molecule is OC[C@@H]1CNCC1O. The molecule has 0 aromatic rings. The minimum absolute atomic E-state index is 0.0648. The topological polar surface area (TPSA) is 52.5 Å². The fraction of sp³-hybridized carbons (Fsp3) is 1.00. The van der Waals surface area contributed by atoms with Crippen molar-refractivity contribution in [2.45, 2.75) is 6.10 Å². The molecule has 1 aliphatic heterocycles. The molecule has 48 valence electrons. The van der Waals surface area contributed by atoms with Gasteiger partial charge >= 0.3 is 0 Å². The first-order chi connectivity index (χ1) is 3.84. The molecule has 8 heavy (non-hydrogen) atoms. The van der Waals surface area contributed by atoms with Crippen LogP contribution < -0.4 is 5.32 Å². The van der Waals surface area contributed by atoms with E-state index in [4.69, 9.17) is 10.2 Å². The van der Waals surface area contributed by atoms with Crippen molar-refractivity contribution in [2.75, 3.05) is 19.7 Å². The first-order valence-corrected chi connectivity index (χ1v) is 2.84. The van der Waals surface area contributed by atoms with E-state index in [2.05, 4.69) is 5.32 Å². The van der Waals surface area contributed by atoms with Crippen LogP contribution in [-0.4, -0.2) is 36.0 Å². The van der Waals surface area contributed by atoms with E-state index < -0.39 is 0 Å². The van der Waals surface area contributed by atoms with Crippen LogP contribution in [0.3, 0.4) is 0 Å². The van der Waals surface area contributed by atoms with Gasteiger partial charge in [-0.15, -0.1) is 0 Å². The first-order valence-electron chi connectivity index (χ1n) is 2.84. The molecule has 0 radical (unpaired) electrons. The number of hydrogen-bond donors (Lipinski definition) is 3. The Hall–Kier alpha value is -0.120. The molecule has 3 N–H and O–H groups in total. The Bertz CT molecular complexity index is 76.8. The van der Waals surface area contributed by atoms with Crippen molar-refractivity contribution in [1.82, 2.24) is 5.32 Å². The molecule has 3 nitrogen and oxygen atoms in total. The van der Waals surface area contributed by atoms with Gasteiger partial charge in [-0.2, -0.15) is 0 Å². The molecule has 0 bridgehead atoms. The fourth-order valence-electron chi connectivity index (χ4n) is 0.906. The Morgan fingerprint density at radius 1 is 1.50 bits per heavy atom. The lowest BCUT2D eigenvalue weighted by molar-refractivity contribution is 0.104. The maximum Gasteiger partial charge on any atom is 0.0726 e. The Morgan fingerprint density at radius 3 is 2.50 bits per heavy atom. The predicted octanol–water partition coefficient (Wildman–Crippen LogP) is -1.44. The van der Waals surface area contributed by atoms with Crippen molar-refractivity contribution in [3.63, 3.8) is 0 Å². The average Bonchev–Trinajstić information content (AvgIpc) is 2.14. The second-order valence-electron chi connectivity index (χ2n) is 2.17. The van der Waals surface area contributed by atoms with Crippen LogP contribution in [0.15, 0.2) is 0 Å². The molecule has 1 rings (SSSR count). The van der Waals surface area contributed by atoms with Gasteiger partial charge in [0.1, 0.15) is 0 Å². The highest BCUT2D eigenvalue weighted by atomic mass is 16.3. The van der Waals surface area contributed by atoms with Gasteiger partial charge in [0.15, 0.2) is 0 Å². The number of aliphatic hydroxyl groups is 2. The molecule has 0 saturated carbocycles. The number of rotatable bonds is 1. The van der Waals surface area contributed by atoms with Crippen LogP contribution in [0.5, 0.6) is 0 Å². The van der Waals surface area contributed by atoms with Gasteiger partial charge in [-0.05, 0) is 0 Å². The molecule has 0 aromatic carbocycles. The molecule has 1 unspecified atom stereocenters. The van der Waals surface area contributed by atoms with Crippen LogP contribution in [0.4, 0.5) is 0 Å². The van der Waals surface area contributed by atoms with Gasteiger partial charge in [0.05, 0.1) is 6.10 Å². The van der Waals surface area contributed by atoms with Crippen LogP contribution in [0.2, 0.25) is 0 Å². The van der Waals surface area contributed by atoms with Gasteiger partial charge in [0.25, 0.3) is 0 Å². The van der Waals surface area contributed by atoms with Crippen LogP contribution in [0.1, 0.15) is 0 Å². The lowest BCUT2D eigenvalue weighted by atomic mass is 10.1. The Kier molecular flexibility index (Phi) is 1.83. The minimum atomic E-state index is -0.333. The summed E-state index contributed by atoms with van der Waals surface area (Å²) in [5.74, 6) is 0.0648. The third-order valence-electron chi connectivity index (χ3n) is 1.54. The Balaban J connectivity index is 2.30. The number of nitrogens with one attached hydrogen (secondary N) is 1. The van der Waals surface area contributed by atoms with Gasteiger partial charge in [0, 0.05) is 25.6 Å². The smallest absolute Gasteiger partial charge is 0.0726 e. The van der Waals surface area contributed by atoms with Crippen LogP contribution in [0.25, 0.3) is 0 Å². The summed E-state index contributed by atoms with van der Waals surface area (Å²) in [4.78, 5) is 0. The summed E-state index contributed by atoms with van der Waals surface area (Å²) in [7, 11) is 0. The molecule has 1 saturated heterocycles. The standard InChI is InChI=1S/C5H11NO2/c7-3-4-1-6-2-5(4)8/h4-8H,1-3H2/t4-,5?/m0/s1. The molecule has 0 aromatic heterocycles. The summed E-state index contributed by atoms with van der Waals surface area (Å²) in [6.45, 7) is 1.47.